The second-order valence-corrected chi connectivity index (χ2v) is 10.3. The first-order valence-electron chi connectivity index (χ1n) is 12.3. The van der Waals surface area contributed by atoms with E-state index < -0.39 is 64.4 Å². The molecule has 0 aromatic heterocycles. The van der Waals surface area contributed by atoms with Gasteiger partial charge in [-0.25, -0.2) is 0 Å². The molecule has 36 heavy (non-hydrogen) atoms. The van der Waals surface area contributed by atoms with Crippen LogP contribution in [0.1, 0.15) is 41.8 Å². The Morgan fingerprint density at radius 3 is 2.31 bits per heavy atom. The van der Waals surface area contributed by atoms with E-state index in [0.29, 0.717) is 12.1 Å². The van der Waals surface area contributed by atoms with Crippen LogP contribution >= 0.6 is 0 Å². The lowest BCUT2D eigenvalue weighted by molar-refractivity contribution is -0.181. The van der Waals surface area contributed by atoms with E-state index in [2.05, 4.69) is 4.90 Å². The number of fused-ring (bicyclic) bond motifs is 3. The average molecular weight is 500 g/mol. The highest BCUT2D eigenvalue weighted by Gasteiger charge is 2.69. The smallest absolute Gasteiger partial charge is 0.235 e. The molecule has 0 radical (unpaired) electrons. The molecule has 1 amide bonds. The van der Waals surface area contributed by atoms with Gasteiger partial charge >= 0.3 is 0 Å². The van der Waals surface area contributed by atoms with Crippen molar-refractivity contribution in [2.45, 2.75) is 44.9 Å². The highest BCUT2D eigenvalue weighted by Crippen LogP contribution is 2.51. The van der Waals surface area contributed by atoms with Gasteiger partial charge in [0.15, 0.2) is 34.7 Å². The minimum absolute atomic E-state index is 0.0336. The van der Waals surface area contributed by atoms with E-state index in [-0.39, 0.29) is 24.2 Å². The number of aromatic hydroxyl groups is 1. The molecular weight excluding hydrogens is 466 g/mol. The molecule has 2 saturated carbocycles. The Bertz CT molecular complexity index is 1160. The number of ketones is 4. The van der Waals surface area contributed by atoms with E-state index >= 15 is 0 Å². The maximum atomic E-state index is 13.8. The summed E-state index contributed by atoms with van der Waals surface area (Å²) in [5, 5.41) is 22.2. The van der Waals surface area contributed by atoms with Crippen molar-refractivity contribution < 1.29 is 34.2 Å². The van der Waals surface area contributed by atoms with Crippen LogP contribution in [0.2, 0.25) is 0 Å². The molecule has 6 atom stereocenters. The summed E-state index contributed by atoms with van der Waals surface area (Å²) in [5.74, 6) is -10.2. The van der Waals surface area contributed by atoms with Crippen LogP contribution in [0.5, 0.6) is 5.75 Å². The first-order valence-corrected chi connectivity index (χ1v) is 12.3. The number of nitrogens with two attached hydrogens (primary N) is 1. The van der Waals surface area contributed by atoms with Crippen molar-refractivity contribution in [3.05, 3.63) is 28.8 Å². The van der Waals surface area contributed by atoms with Crippen molar-refractivity contribution in [1.29, 1.82) is 0 Å². The summed E-state index contributed by atoms with van der Waals surface area (Å²) < 4.78 is 0. The fraction of sp³-hybridized carbons (Fsp3) is 0.577. The highest BCUT2D eigenvalue weighted by molar-refractivity contribution is 6.32. The number of aliphatic hydroxyl groups is 1. The Labute approximate surface area is 209 Å². The number of primary amides is 1. The summed E-state index contributed by atoms with van der Waals surface area (Å²) >= 11 is 0. The molecule has 3 aliphatic rings. The number of rotatable bonds is 6. The van der Waals surface area contributed by atoms with Crippen LogP contribution in [0.25, 0.3) is 0 Å². The topological polar surface area (TPSA) is 158 Å². The van der Waals surface area contributed by atoms with Gasteiger partial charge in [0.25, 0.3) is 0 Å². The third kappa shape index (κ3) is 3.62. The standard InChI is InChI=1S/C26H33N3O7/c1-5-29(6-2)11-12-7-8-16(30)18-14(12)9-13-10-15-20(28(3)4)22(32)19(25(27)35)24(34)26(15,36)23(33)17(13)21(18)31/h7-8,13,15,17,19-20,30,36H,5-6,9-11H2,1-4H3,(H2,27,35). The van der Waals surface area contributed by atoms with Crippen LogP contribution < -0.4 is 5.73 Å². The van der Waals surface area contributed by atoms with Gasteiger partial charge in [0.1, 0.15) is 5.75 Å². The summed E-state index contributed by atoms with van der Waals surface area (Å²) in [6, 6.07) is 2.09. The van der Waals surface area contributed by atoms with Gasteiger partial charge in [-0.15, -0.1) is 0 Å². The molecule has 10 nitrogen and oxygen atoms in total. The Hall–Kier alpha value is -2.95. The second kappa shape index (κ2) is 9.17. The Balaban J connectivity index is 1.83. The molecule has 4 rings (SSSR count). The number of amides is 1. The third-order valence-electron chi connectivity index (χ3n) is 8.33. The van der Waals surface area contributed by atoms with Crippen molar-refractivity contribution in [3.63, 3.8) is 0 Å². The zero-order chi connectivity index (χ0) is 26.7. The number of hydrogen-bond acceptors (Lipinski definition) is 9. The largest absolute Gasteiger partial charge is 0.507 e. The first kappa shape index (κ1) is 26.1. The fourth-order valence-electron chi connectivity index (χ4n) is 6.51. The molecular formula is C26H33N3O7. The lowest BCUT2D eigenvalue weighted by Gasteiger charge is -2.52. The number of benzene rings is 1. The van der Waals surface area contributed by atoms with Gasteiger partial charge in [-0.05, 0) is 63.1 Å². The molecule has 0 aliphatic heterocycles. The Kier molecular flexibility index (Phi) is 6.65. The minimum Gasteiger partial charge on any atom is -0.507 e. The maximum Gasteiger partial charge on any atom is 0.235 e. The number of phenolic OH excluding ortho intramolecular Hbond substituents is 1. The van der Waals surface area contributed by atoms with Crippen LogP contribution in [0.15, 0.2) is 12.1 Å². The van der Waals surface area contributed by atoms with Gasteiger partial charge in [-0.2, -0.15) is 0 Å². The van der Waals surface area contributed by atoms with Crippen LogP contribution in [0, 0.1) is 23.7 Å². The molecule has 10 heteroatoms. The summed E-state index contributed by atoms with van der Waals surface area (Å²) in [7, 11) is 3.13. The third-order valence-corrected chi connectivity index (χ3v) is 8.33. The SMILES string of the molecule is CCN(CC)Cc1ccc(O)c2c1CC1CC3C(N(C)C)C(=O)C(C(N)=O)C(=O)C3(O)C(=O)C1C2=O. The summed E-state index contributed by atoms with van der Waals surface area (Å²) in [4.78, 5) is 69.6. The van der Waals surface area contributed by atoms with E-state index in [0.717, 1.165) is 18.7 Å². The van der Waals surface area contributed by atoms with Gasteiger partial charge in [-0.1, -0.05) is 19.9 Å². The van der Waals surface area contributed by atoms with E-state index in [4.69, 9.17) is 5.73 Å². The number of likely N-dealkylation sites (N-methyl/N-ethyl adjacent to an activating group) is 1. The van der Waals surface area contributed by atoms with E-state index in [1.54, 1.807) is 20.2 Å². The summed E-state index contributed by atoms with van der Waals surface area (Å²) in [6.07, 6.45) is 0.321. The zero-order valence-electron chi connectivity index (χ0n) is 21.0. The van der Waals surface area contributed by atoms with Crippen molar-refractivity contribution >= 4 is 29.0 Å². The van der Waals surface area contributed by atoms with Gasteiger partial charge in [-0.3, -0.25) is 33.8 Å². The molecule has 2 fully saturated rings. The van der Waals surface area contributed by atoms with Crippen molar-refractivity contribution in [2.24, 2.45) is 29.4 Å². The second-order valence-electron chi connectivity index (χ2n) is 10.3. The highest BCUT2D eigenvalue weighted by atomic mass is 16.3. The average Bonchev–Trinajstić information content (AvgIpc) is 2.80. The van der Waals surface area contributed by atoms with Crippen molar-refractivity contribution in [2.75, 3.05) is 27.2 Å². The molecule has 4 N–H and O–H groups in total. The van der Waals surface area contributed by atoms with Gasteiger partial charge in [0.2, 0.25) is 5.91 Å². The van der Waals surface area contributed by atoms with Crippen LogP contribution in [0.4, 0.5) is 0 Å². The van der Waals surface area contributed by atoms with E-state index in [1.165, 1.54) is 11.0 Å². The Morgan fingerprint density at radius 2 is 1.75 bits per heavy atom. The monoisotopic (exact) mass is 499 g/mol. The van der Waals surface area contributed by atoms with Crippen molar-refractivity contribution in [1.82, 2.24) is 9.80 Å². The normalized spacial score (nSPS) is 31.9. The molecule has 0 saturated heterocycles. The molecule has 0 bridgehead atoms. The molecule has 3 aliphatic carbocycles. The number of phenols is 1. The summed E-state index contributed by atoms with van der Waals surface area (Å²) in [6.45, 7) is 6.18. The molecule has 1 aromatic carbocycles. The van der Waals surface area contributed by atoms with Crippen LogP contribution in [0.3, 0.4) is 0 Å². The van der Waals surface area contributed by atoms with Crippen LogP contribution in [-0.2, 0) is 32.1 Å². The molecule has 6 unspecified atom stereocenters. The number of Topliss-reactive ketones (excluding diaryl/α,β-unsaturated/α-hetero) is 4. The maximum absolute atomic E-state index is 13.8. The Morgan fingerprint density at radius 1 is 1.11 bits per heavy atom. The molecule has 194 valence electrons. The first-order chi connectivity index (χ1) is 16.9. The van der Waals surface area contributed by atoms with E-state index in [1.807, 2.05) is 13.8 Å². The molecule has 0 heterocycles. The van der Waals surface area contributed by atoms with E-state index in [9.17, 15) is 34.2 Å². The number of nitrogens with zero attached hydrogens (tertiary/aromatic N) is 2. The fourth-order valence-corrected chi connectivity index (χ4v) is 6.51. The molecule has 0 spiro atoms. The zero-order valence-corrected chi connectivity index (χ0v) is 21.0. The lowest BCUT2D eigenvalue weighted by Crippen LogP contribution is -2.74. The predicted molar refractivity (Wildman–Crippen MR) is 128 cm³/mol. The molecule has 1 aromatic rings. The van der Waals surface area contributed by atoms with Crippen LogP contribution in [-0.4, -0.2) is 87.9 Å². The predicted octanol–water partition coefficient (Wildman–Crippen LogP) is -0.291. The number of carbonyl (C=O) groups excluding carboxylic acids is 5. The van der Waals surface area contributed by atoms with Gasteiger partial charge in [0, 0.05) is 12.5 Å². The van der Waals surface area contributed by atoms with Gasteiger partial charge < -0.3 is 15.9 Å². The van der Waals surface area contributed by atoms with Crippen molar-refractivity contribution in [3.8, 4) is 5.75 Å². The number of carbonyl (C=O) groups is 5. The number of hydrogen-bond donors (Lipinski definition) is 3. The van der Waals surface area contributed by atoms with Gasteiger partial charge in [0.05, 0.1) is 17.5 Å². The summed E-state index contributed by atoms with van der Waals surface area (Å²) in [5.41, 5.74) is 4.17. The lowest BCUT2D eigenvalue weighted by atomic mass is 9.52. The minimum atomic E-state index is -2.70. The quantitative estimate of drug-likeness (QED) is 0.447.